The van der Waals surface area contributed by atoms with Crippen molar-refractivity contribution < 1.29 is 0 Å². The minimum atomic E-state index is 0.0125. The Morgan fingerprint density at radius 2 is 1.93 bits per heavy atom. The highest BCUT2D eigenvalue weighted by molar-refractivity contribution is 6.35. The molecule has 1 nitrogen and oxygen atoms in total. The van der Waals surface area contributed by atoms with Crippen molar-refractivity contribution in [2.45, 2.75) is 25.3 Å². The fourth-order valence-electron chi connectivity index (χ4n) is 1.36. The first-order chi connectivity index (χ1) is 7.15. The first kappa shape index (κ1) is 12.4. The van der Waals surface area contributed by atoms with Gasteiger partial charge in [-0.25, -0.2) is 0 Å². The molecule has 0 aliphatic carbocycles. The lowest BCUT2D eigenvalue weighted by atomic mass is 10.0. The molecule has 80 valence electrons. The van der Waals surface area contributed by atoms with E-state index in [4.69, 9.17) is 35.4 Å². The van der Waals surface area contributed by atoms with Gasteiger partial charge in [-0.3, -0.25) is 0 Å². The summed E-state index contributed by atoms with van der Waals surface area (Å²) in [4.78, 5) is 0. The molecule has 1 rings (SSSR count). The molecule has 3 heteroatoms. The number of terminal acetylenes is 1. The summed E-state index contributed by atoms with van der Waals surface area (Å²) in [6, 6.07) is 5.47. The number of benzene rings is 1. The van der Waals surface area contributed by atoms with Crippen LogP contribution >= 0.6 is 23.2 Å². The van der Waals surface area contributed by atoms with E-state index < -0.39 is 0 Å². The van der Waals surface area contributed by atoms with Crippen LogP contribution in [0.4, 0.5) is 0 Å². The van der Waals surface area contributed by atoms with Gasteiger partial charge in [-0.2, -0.15) is 0 Å². The molecular formula is C12H13Cl2N. The minimum Gasteiger partial charge on any atom is -0.327 e. The molecule has 0 bridgehead atoms. The quantitative estimate of drug-likeness (QED) is 0.805. The predicted molar refractivity (Wildman–Crippen MR) is 66.2 cm³/mol. The second-order valence-electron chi connectivity index (χ2n) is 3.41. The Bertz CT molecular complexity index is 348. The summed E-state index contributed by atoms with van der Waals surface area (Å²) in [5.41, 5.74) is 6.82. The van der Waals surface area contributed by atoms with Crippen LogP contribution in [-0.4, -0.2) is 6.04 Å². The SMILES string of the molecule is C#CCCC(N)Cc1c(Cl)cccc1Cl. The maximum absolute atomic E-state index is 6.03. The first-order valence-electron chi connectivity index (χ1n) is 4.77. The van der Waals surface area contributed by atoms with E-state index in [1.54, 1.807) is 0 Å². The molecule has 1 unspecified atom stereocenters. The maximum atomic E-state index is 6.03. The van der Waals surface area contributed by atoms with Crippen LogP contribution in [0.2, 0.25) is 10.0 Å². The van der Waals surface area contributed by atoms with Crippen molar-refractivity contribution in [1.29, 1.82) is 0 Å². The molecule has 0 saturated carbocycles. The van der Waals surface area contributed by atoms with Gasteiger partial charge in [-0.1, -0.05) is 29.3 Å². The van der Waals surface area contributed by atoms with Crippen LogP contribution in [0.5, 0.6) is 0 Å². The molecule has 1 aromatic rings. The summed E-state index contributed by atoms with van der Waals surface area (Å²) >= 11 is 12.1. The molecule has 0 fully saturated rings. The Balaban J connectivity index is 2.68. The van der Waals surface area contributed by atoms with E-state index in [2.05, 4.69) is 5.92 Å². The normalized spacial score (nSPS) is 12.1. The summed E-state index contributed by atoms with van der Waals surface area (Å²) < 4.78 is 0. The van der Waals surface area contributed by atoms with Gasteiger partial charge in [0.15, 0.2) is 0 Å². The lowest BCUT2D eigenvalue weighted by Crippen LogP contribution is -2.22. The Morgan fingerprint density at radius 1 is 1.33 bits per heavy atom. The largest absolute Gasteiger partial charge is 0.327 e. The molecule has 0 aromatic heterocycles. The summed E-state index contributed by atoms with van der Waals surface area (Å²) in [7, 11) is 0. The molecule has 0 aliphatic heterocycles. The monoisotopic (exact) mass is 241 g/mol. The number of nitrogens with two attached hydrogens (primary N) is 1. The van der Waals surface area contributed by atoms with E-state index in [1.807, 2.05) is 18.2 Å². The van der Waals surface area contributed by atoms with Gasteiger partial charge in [-0.05, 0) is 30.5 Å². The Morgan fingerprint density at radius 3 is 2.47 bits per heavy atom. The smallest absolute Gasteiger partial charge is 0.0453 e. The Hall–Kier alpha value is -0.680. The minimum absolute atomic E-state index is 0.0125. The Kier molecular flexibility index (Phi) is 4.98. The topological polar surface area (TPSA) is 26.0 Å². The van der Waals surface area contributed by atoms with E-state index in [9.17, 15) is 0 Å². The van der Waals surface area contributed by atoms with Crippen LogP contribution in [0.1, 0.15) is 18.4 Å². The fourth-order valence-corrected chi connectivity index (χ4v) is 1.91. The zero-order valence-corrected chi connectivity index (χ0v) is 9.85. The van der Waals surface area contributed by atoms with Crippen LogP contribution in [0, 0.1) is 12.3 Å². The average Bonchev–Trinajstić information content (AvgIpc) is 2.21. The van der Waals surface area contributed by atoms with Crippen molar-refractivity contribution in [3.8, 4) is 12.3 Å². The van der Waals surface area contributed by atoms with Crippen molar-refractivity contribution >= 4 is 23.2 Å². The molecule has 1 aromatic carbocycles. The van der Waals surface area contributed by atoms with E-state index >= 15 is 0 Å². The summed E-state index contributed by atoms with van der Waals surface area (Å²) in [5.74, 6) is 2.57. The van der Waals surface area contributed by atoms with Crippen LogP contribution < -0.4 is 5.73 Å². The average molecular weight is 242 g/mol. The van der Waals surface area contributed by atoms with Crippen LogP contribution in [0.25, 0.3) is 0 Å². The lowest BCUT2D eigenvalue weighted by molar-refractivity contribution is 0.623. The third-order valence-corrected chi connectivity index (χ3v) is 2.90. The van der Waals surface area contributed by atoms with Gasteiger partial charge < -0.3 is 5.73 Å². The highest BCUT2D eigenvalue weighted by Gasteiger charge is 2.09. The number of halogens is 2. The van der Waals surface area contributed by atoms with Gasteiger partial charge >= 0.3 is 0 Å². The van der Waals surface area contributed by atoms with E-state index in [-0.39, 0.29) is 6.04 Å². The molecule has 2 N–H and O–H groups in total. The highest BCUT2D eigenvalue weighted by Crippen LogP contribution is 2.25. The summed E-state index contributed by atoms with van der Waals surface area (Å²) in [6.07, 6.45) is 7.31. The number of hydrogen-bond donors (Lipinski definition) is 1. The lowest BCUT2D eigenvalue weighted by Gasteiger charge is -2.12. The van der Waals surface area contributed by atoms with E-state index in [1.165, 1.54) is 0 Å². The standard InChI is InChI=1S/C12H13Cl2N/c1-2-3-5-9(15)8-10-11(13)6-4-7-12(10)14/h1,4,6-7,9H,3,5,8,15H2. The van der Waals surface area contributed by atoms with Gasteiger partial charge in [0, 0.05) is 22.5 Å². The third-order valence-electron chi connectivity index (χ3n) is 2.19. The number of rotatable bonds is 4. The molecule has 0 amide bonds. The van der Waals surface area contributed by atoms with Crippen molar-refractivity contribution in [1.82, 2.24) is 0 Å². The van der Waals surface area contributed by atoms with Crippen LogP contribution in [0.15, 0.2) is 18.2 Å². The van der Waals surface area contributed by atoms with Crippen LogP contribution in [0.3, 0.4) is 0 Å². The molecule has 0 radical (unpaired) electrons. The van der Waals surface area contributed by atoms with Crippen molar-refractivity contribution in [2.24, 2.45) is 5.73 Å². The number of hydrogen-bond acceptors (Lipinski definition) is 1. The van der Waals surface area contributed by atoms with E-state index in [0.717, 1.165) is 12.0 Å². The summed E-state index contributed by atoms with van der Waals surface area (Å²) in [6.45, 7) is 0. The van der Waals surface area contributed by atoms with Crippen molar-refractivity contribution in [2.75, 3.05) is 0 Å². The highest BCUT2D eigenvalue weighted by atomic mass is 35.5. The molecule has 1 atom stereocenters. The molecule has 0 saturated heterocycles. The fraction of sp³-hybridized carbons (Fsp3) is 0.333. The van der Waals surface area contributed by atoms with Crippen molar-refractivity contribution in [3.05, 3.63) is 33.8 Å². The molecule has 0 aliphatic rings. The zero-order chi connectivity index (χ0) is 11.3. The molecule has 15 heavy (non-hydrogen) atoms. The molecule has 0 heterocycles. The van der Waals surface area contributed by atoms with Gasteiger partial charge in [-0.15, -0.1) is 12.3 Å². The first-order valence-corrected chi connectivity index (χ1v) is 5.52. The van der Waals surface area contributed by atoms with Gasteiger partial charge in [0.05, 0.1) is 0 Å². The molecule has 0 spiro atoms. The van der Waals surface area contributed by atoms with E-state index in [0.29, 0.717) is 22.9 Å². The van der Waals surface area contributed by atoms with Crippen LogP contribution in [-0.2, 0) is 6.42 Å². The van der Waals surface area contributed by atoms with Gasteiger partial charge in [0.2, 0.25) is 0 Å². The second kappa shape index (κ2) is 6.02. The van der Waals surface area contributed by atoms with Gasteiger partial charge in [0.25, 0.3) is 0 Å². The van der Waals surface area contributed by atoms with Gasteiger partial charge in [0.1, 0.15) is 0 Å². The maximum Gasteiger partial charge on any atom is 0.0453 e. The second-order valence-corrected chi connectivity index (χ2v) is 4.22. The van der Waals surface area contributed by atoms with Crippen molar-refractivity contribution in [3.63, 3.8) is 0 Å². The predicted octanol–water partition coefficient (Wildman–Crippen LogP) is 3.28. The zero-order valence-electron chi connectivity index (χ0n) is 8.34. The molecular weight excluding hydrogens is 229 g/mol. The summed E-state index contributed by atoms with van der Waals surface area (Å²) in [5, 5.41) is 1.33. The Labute approximate surface area is 101 Å². The third kappa shape index (κ3) is 3.76.